The molecule has 0 saturated heterocycles. The molecule has 1 aromatic heterocycles. The number of nitrogens with zero attached hydrogens (tertiary/aromatic N) is 1. The Hall–Kier alpha value is -2.84. The van der Waals surface area contributed by atoms with Crippen LogP contribution in [0.4, 0.5) is 18.9 Å². The number of hydrogen-bond donors (Lipinski definition) is 1. The van der Waals surface area contributed by atoms with Gasteiger partial charge in [-0.15, -0.1) is 0 Å². The monoisotopic (exact) mass is 328 g/mol. The number of esters is 1. The summed E-state index contributed by atoms with van der Waals surface area (Å²) in [6.45, 7) is 2.80. The molecule has 122 valence electrons. The molecule has 0 aliphatic heterocycles. The zero-order chi connectivity index (χ0) is 17.1. The zero-order valence-corrected chi connectivity index (χ0v) is 12.0. The molecule has 1 atom stereocenters. The third-order valence-electron chi connectivity index (χ3n) is 2.78. The van der Waals surface area contributed by atoms with E-state index in [9.17, 15) is 22.8 Å². The van der Waals surface area contributed by atoms with Crippen LogP contribution in [0, 0.1) is 24.4 Å². The summed E-state index contributed by atoms with van der Waals surface area (Å²) in [6, 6.07) is 2.81. The molecule has 9 heteroatoms. The molecule has 1 heterocycles. The van der Waals surface area contributed by atoms with Crippen molar-refractivity contribution in [3.05, 3.63) is 47.1 Å². The molecule has 0 aliphatic carbocycles. The third-order valence-corrected chi connectivity index (χ3v) is 2.78. The highest BCUT2D eigenvalue weighted by molar-refractivity contribution is 5.96. The number of ether oxygens (including phenoxy) is 1. The van der Waals surface area contributed by atoms with Crippen molar-refractivity contribution in [2.45, 2.75) is 20.0 Å². The predicted octanol–water partition coefficient (Wildman–Crippen LogP) is 2.58. The summed E-state index contributed by atoms with van der Waals surface area (Å²) in [6.07, 6.45) is -1.33. The van der Waals surface area contributed by atoms with Crippen LogP contribution in [0.3, 0.4) is 0 Å². The Kier molecular flexibility index (Phi) is 4.68. The molecule has 0 bridgehead atoms. The van der Waals surface area contributed by atoms with E-state index >= 15 is 0 Å². The molecule has 2 aromatic rings. The van der Waals surface area contributed by atoms with Gasteiger partial charge in [0.2, 0.25) is 5.76 Å². The normalized spacial score (nSPS) is 11.9. The quantitative estimate of drug-likeness (QED) is 0.689. The molecule has 0 unspecified atom stereocenters. The Labute approximate surface area is 128 Å². The Morgan fingerprint density at radius 3 is 2.57 bits per heavy atom. The lowest BCUT2D eigenvalue weighted by molar-refractivity contribution is -0.123. The number of halogens is 3. The van der Waals surface area contributed by atoms with Gasteiger partial charge in [0.1, 0.15) is 0 Å². The Bertz CT molecular complexity index is 760. The second-order valence-electron chi connectivity index (χ2n) is 4.59. The molecule has 0 aliphatic rings. The first-order chi connectivity index (χ1) is 10.8. The van der Waals surface area contributed by atoms with E-state index in [4.69, 9.17) is 4.74 Å². The SMILES string of the molecule is Cc1cc(C(=O)O[C@@H](C)C(=O)Nc2ccc(F)c(F)c2F)on1. The Morgan fingerprint density at radius 2 is 1.96 bits per heavy atom. The molecule has 0 radical (unpaired) electrons. The van der Waals surface area contributed by atoms with Crippen molar-refractivity contribution in [3.8, 4) is 0 Å². The van der Waals surface area contributed by atoms with Gasteiger partial charge in [-0.25, -0.2) is 18.0 Å². The van der Waals surface area contributed by atoms with Gasteiger partial charge in [-0.2, -0.15) is 0 Å². The molecular weight excluding hydrogens is 317 g/mol. The smallest absolute Gasteiger partial charge is 0.377 e. The molecular formula is C14H11F3N2O4. The molecule has 0 fully saturated rings. The summed E-state index contributed by atoms with van der Waals surface area (Å²) in [5, 5.41) is 5.48. The van der Waals surface area contributed by atoms with Gasteiger partial charge < -0.3 is 14.6 Å². The van der Waals surface area contributed by atoms with E-state index in [1.165, 1.54) is 13.0 Å². The molecule has 1 aromatic carbocycles. The molecule has 0 saturated carbocycles. The van der Waals surface area contributed by atoms with Crippen LogP contribution in [-0.2, 0) is 9.53 Å². The van der Waals surface area contributed by atoms with Gasteiger partial charge in [0, 0.05) is 6.07 Å². The van der Waals surface area contributed by atoms with E-state index in [-0.39, 0.29) is 5.76 Å². The van der Waals surface area contributed by atoms with E-state index in [1.807, 2.05) is 5.32 Å². The lowest BCUT2D eigenvalue weighted by Crippen LogP contribution is -2.30. The molecule has 23 heavy (non-hydrogen) atoms. The van der Waals surface area contributed by atoms with Gasteiger partial charge in [-0.3, -0.25) is 4.79 Å². The van der Waals surface area contributed by atoms with Crippen molar-refractivity contribution in [3.63, 3.8) is 0 Å². The Balaban J connectivity index is 2.03. The fourth-order valence-electron chi connectivity index (χ4n) is 1.59. The number of carbonyl (C=O) groups is 2. The summed E-state index contributed by atoms with van der Waals surface area (Å²) in [5.74, 6) is -6.74. The maximum Gasteiger partial charge on any atom is 0.377 e. The lowest BCUT2D eigenvalue weighted by atomic mass is 10.2. The highest BCUT2D eigenvalue weighted by atomic mass is 19.2. The van der Waals surface area contributed by atoms with Gasteiger partial charge in [-0.05, 0) is 26.0 Å². The number of amides is 1. The fourth-order valence-corrected chi connectivity index (χ4v) is 1.59. The second-order valence-corrected chi connectivity index (χ2v) is 4.59. The maximum atomic E-state index is 13.5. The molecule has 1 N–H and O–H groups in total. The average molecular weight is 328 g/mol. The number of carbonyl (C=O) groups excluding carboxylic acids is 2. The maximum absolute atomic E-state index is 13.5. The summed E-state index contributed by atoms with van der Waals surface area (Å²) < 4.78 is 48.8. The summed E-state index contributed by atoms with van der Waals surface area (Å²) in [4.78, 5) is 23.5. The highest BCUT2D eigenvalue weighted by Gasteiger charge is 2.23. The minimum Gasteiger partial charge on any atom is -0.447 e. The minimum atomic E-state index is -1.72. The number of hydrogen-bond acceptors (Lipinski definition) is 5. The standard InChI is InChI=1S/C14H11F3N2O4/c1-6-5-10(23-19-6)14(21)22-7(2)13(20)18-9-4-3-8(15)11(16)12(9)17/h3-5,7H,1-2H3,(H,18,20)/t7-/m0/s1. The van der Waals surface area contributed by atoms with Gasteiger partial charge in [0.25, 0.3) is 5.91 Å². The van der Waals surface area contributed by atoms with E-state index in [2.05, 4.69) is 9.68 Å². The summed E-state index contributed by atoms with van der Waals surface area (Å²) in [7, 11) is 0. The van der Waals surface area contributed by atoms with Gasteiger partial charge >= 0.3 is 5.97 Å². The number of aromatic nitrogens is 1. The van der Waals surface area contributed by atoms with E-state index in [1.54, 1.807) is 6.92 Å². The van der Waals surface area contributed by atoms with E-state index < -0.39 is 41.1 Å². The van der Waals surface area contributed by atoms with Crippen molar-refractivity contribution < 1.29 is 32.0 Å². The number of anilines is 1. The van der Waals surface area contributed by atoms with Crippen LogP contribution in [0.25, 0.3) is 0 Å². The van der Waals surface area contributed by atoms with Gasteiger partial charge in [0.15, 0.2) is 23.6 Å². The van der Waals surface area contributed by atoms with Crippen molar-refractivity contribution in [2.75, 3.05) is 5.32 Å². The third kappa shape index (κ3) is 3.68. The molecule has 6 nitrogen and oxygen atoms in total. The van der Waals surface area contributed by atoms with Crippen LogP contribution >= 0.6 is 0 Å². The van der Waals surface area contributed by atoms with Crippen LogP contribution < -0.4 is 5.32 Å². The second kappa shape index (κ2) is 6.51. The lowest BCUT2D eigenvalue weighted by Gasteiger charge is -2.13. The van der Waals surface area contributed by atoms with Gasteiger partial charge in [-0.1, -0.05) is 5.16 Å². The summed E-state index contributed by atoms with van der Waals surface area (Å²) in [5.41, 5.74) is -0.134. The summed E-state index contributed by atoms with van der Waals surface area (Å²) >= 11 is 0. The van der Waals surface area contributed by atoms with Crippen molar-refractivity contribution in [2.24, 2.45) is 0 Å². The minimum absolute atomic E-state index is 0.207. The van der Waals surface area contributed by atoms with Crippen LogP contribution in [0.2, 0.25) is 0 Å². The van der Waals surface area contributed by atoms with Crippen molar-refractivity contribution in [1.82, 2.24) is 5.16 Å². The van der Waals surface area contributed by atoms with Crippen molar-refractivity contribution >= 4 is 17.6 Å². The van der Waals surface area contributed by atoms with Crippen LogP contribution in [-0.4, -0.2) is 23.1 Å². The van der Waals surface area contributed by atoms with E-state index in [0.717, 1.165) is 6.07 Å². The van der Waals surface area contributed by atoms with Crippen molar-refractivity contribution in [1.29, 1.82) is 0 Å². The molecule has 0 spiro atoms. The first kappa shape index (κ1) is 16.5. The number of benzene rings is 1. The number of aryl methyl sites for hydroxylation is 1. The molecule has 2 rings (SSSR count). The predicted molar refractivity (Wildman–Crippen MR) is 71.1 cm³/mol. The van der Waals surface area contributed by atoms with E-state index in [0.29, 0.717) is 11.8 Å². The average Bonchev–Trinajstić information content (AvgIpc) is 2.94. The fraction of sp³-hybridized carbons (Fsp3) is 0.214. The first-order valence-electron chi connectivity index (χ1n) is 6.38. The largest absolute Gasteiger partial charge is 0.447 e. The van der Waals surface area contributed by atoms with Crippen LogP contribution in [0.1, 0.15) is 23.2 Å². The highest BCUT2D eigenvalue weighted by Crippen LogP contribution is 2.20. The van der Waals surface area contributed by atoms with Gasteiger partial charge in [0.05, 0.1) is 11.4 Å². The number of nitrogens with one attached hydrogen (secondary N) is 1. The van der Waals surface area contributed by atoms with Crippen LogP contribution in [0.5, 0.6) is 0 Å². The topological polar surface area (TPSA) is 81.4 Å². The Morgan fingerprint density at radius 1 is 1.26 bits per heavy atom. The van der Waals surface area contributed by atoms with Crippen LogP contribution in [0.15, 0.2) is 22.7 Å². The first-order valence-corrected chi connectivity index (χ1v) is 6.38. The number of rotatable bonds is 4. The zero-order valence-electron chi connectivity index (χ0n) is 12.0. The molecule has 1 amide bonds.